The summed E-state index contributed by atoms with van der Waals surface area (Å²) >= 11 is 11.2. The van der Waals surface area contributed by atoms with Gasteiger partial charge in [-0.05, 0) is 62.8 Å². The van der Waals surface area contributed by atoms with Gasteiger partial charge in [0.05, 0.1) is 16.3 Å². The molecule has 0 unspecified atom stereocenters. The molecule has 1 amide bonds. The van der Waals surface area contributed by atoms with Gasteiger partial charge in [-0.15, -0.1) is 0 Å². The number of amides is 1. The first-order valence-corrected chi connectivity index (χ1v) is 7.44. The van der Waals surface area contributed by atoms with Crippen molar-refractivity contribution in [2.45, 2.75) is 0 Å². The van der Waals surface area contributed by atoms with E-state index in [0.29, 0.717) is 15.7 Å². The summed E-state index contributed by atoms with van der Waals surface area (Å²) in [7, 11) is 0. The van der Waals surface area contributed by atoms with Gasteiger partial charge in [0.1, 0.15) is 5.82 Å². The van der Waals surface area contributed by atoms with Crippen molar-refractivity contribution in [2.75, 3.05) is 5.32 Å². The van der Waals surface area contributed by atoms with E-state index in [1.54, 1.807) is 12.1 Å². The maximum absolute atomic E-state index is 13.1. The third-order valence-electron chi connectivity index (χ3n) is 2.36. The van der Waals surface area contributed by atoms with Crippen molar-refractivity contribution in [3.05, 3.63) is 60.8 Å². The fraction of sp³-hybridized carbons (Fsp3) is 0. The molecule has 0 atom stereocenters. The summed E-state index contributed by atoms with van der Waals surface area (Å²) in [6, 6.07) is 9.56. The summed E-state index contributed by atoms with van der Waals surface area (Å²) in [5.74, 6) is -0.761. The van der Waals surface area contributed by atoms with E-state index in [0.717, 1.165) is 9.64 Å². The number of nitrogens with one attached hydrogen (secondary N) is 1. The van der Waals surface area contributed by atoms with Crippen LogP contribution in [0.1, 0.15) is 10.4 Å². The first-order chi connectivity index (χ1) is 8.99. The Kier molecular flexibility index (Phi) is 4.81. The lowest BCUT2D eigenvalue weighted by molar-refractivity contribution is 0.102. The molecule has 2 aromatic rings. The molecule has 0 aliphatic heterocycles. The van der Waals surface area contributed by atoms with E-state index in [4.69, 9.17) is 11.6 Å². The number of carbonyl (C=O) groups excluding carboxylic acids is 1. The third kappa shape index (κ3) is 3.46. The topological polar surface area (TPSA) is 29.1 Å². The van der Waals surface area contributed by atoms with Crippen LogP contribution in [0.3, 0.4) is 0 Å². The molecule has 0 spiro atoms. The van der Waals surface area contributed by atoms with Crippen molar-refractivity contribution < 1.29 is 9.18 Å². The van der Waals surface area contributed by atoms with Gasteiger partial charge in [0.25, 0.3) is 5.91 Å². The van der Waals surface area contributed by atoms with Crippen molar-refractivity contribution >= 4 is 61.7 Å². The molecule has 0 heterocycles. The van der Waals surface area contributed by atoms with Crippen LogP contribution in [0.5, 0.6) is 0 Å². The van der Waals surface area contributed by atoms with Crippen molar-refractivity contribution in [1.82, 2.24) is 0 Å². The van der Waals surface area contributed by atoms with Gasteiger partial charge in [-0.3, -0.25) is 4.79 Å². The van der Waals surface area contributed by atoms with Crippen molar-refractivity contribution in [2.24, 2.45) is 0 Å². The highest BCUT2D eigenvalue weighted by atomic mass is 127. The molecule has 1 N–H and O–H groups in total. The first-order valence-electron chi connectivity index (χ1n) is 5.19. The molecule has 19 heavy (non-hydrogen) atoms. The summed E-state index contributed by atoms with van der Waals surface area (Å²) in [4.78, 5) is 12.1. The second-order valence-electron chi connectivity index (χ2n) is 3.68. The van der Waals surface area contributed by atoms with Crippen LogP contribution in [0.4, 0.5) is 10.1 Å². The number of hydrogen-bond acceptors (Lipinski definition) is 1. The molecule has 98 valence electrons. The maximum Gasteiger partial charge on any atom is 0.256 e. The highest BCUT2D eigenvalue weighted by Crippen LogP contribution is 2.32. The molecule has 2 rings (SSSR count). The monoisotopic (exact) mass is 453 g/mol. The van der Waals surface area contributed by atoms with Gasteiger partial charge in [0.2, 0.25) is 0 Å². The van der Waals surface area contributed by atoms with Crippen LogP contribution in [0.2, 0.25) is 5.02 Å². The van der Waals surface area contributed by atoms with Gasteiger partial charge in [-0.1, -0.05) is 23.7 Å². The minimum atomic E-state index is -0.468. The SMILES string of the molecule is O=C(Nc1c(Cl)cc(F)cc1Br)c1ccccc1I. The molecule has 2 nitrogen and oxygen atoms in total. The molecule has 6 heteroatoms. The predicted molar refractivity (Wildman–Crippen MR) is 86.2 cm³/mol. The number of rotatable bonds is 2. The number of halogens is 4. The second kappa shape index (κ2) is 6.19. The van der Waals surface area contributed by atoms with E-state index in [1.165, 1.54) is 6.07 Å². The average molecular weight is 454 g/mol. The molecule has 0 saturated carbocycles. The molecule has 0 aromatic heterocycles. The van der Waals surface area contributed by atoms with E-state index in [-0.39, 0.29) is 10.9 Å². The lowest BCUT2D eigenvalue weighted by Gasteiger charge is -2.10. The summed E-state index contributed by atoms with van der Waals surface area (Å²) in [6.07, 6.45) is 0. The molecular formula is C13H7BrClFINO. The minimum absolute atomic E-state index is 0.145. The molecule has 0 bridgehead atoms. The van der Waals surface area contributed by atoms with E-state index in [9.17, 15) is 9.18 Å². The van der Waals surface area contributed by atoms with Crippen LogP contribution in [0, 0.1) is 9.39 Å². The van der Waals surface area contributed by atoms with Crippen molar-refractivity contribution in [3.63, 3.8) is 0 Å². The summed E-state index contributed by atoms with van der Waals surface area (Å²) in [6.45, 7) is 0. The zero-order valence-electron chi connectivity index (χ0n) is 9.38. The van der Waals surface area contributed by atoms with Crippen LogP contribution in [0.25, 0.3) is 0 Å². The van der Waals surface area contributed by atoms with Gasteiger partial charge in [0, 0.05) is 8.04 Å². The maximum atomic E-state index is 13.1. The van der Waals surface area contributed by atoms with Crippen molar-refractivity contribution in [3.8, 4) is 0 Å². The average Bonchev–Trinajstić information content (AvgIpc) is 2.34. The summed E-state index contributed by atoms with van der Waals surface area (Å²) in [5.41, 5.74) is 0.892. The molecule has 0 aliphatic rings. The van der Waals surface area contributed by atoms with Crippen molar-refractivity contribution in [1.29, 1.82) is 0 Å². The quantitative estimate of drug-likeness (QED) is 0.629. The fourth-order valence-corrected chi connectivity index (χ4v) is 3.02. The lowest BCUT2D eigenvalue weighted by Crippen LogP contribution is -2.14. The van der Waals surface area contributed by atoms with Crippen LogP contribution >= 0.6 is 50.1 Å². The zero-order valence-corrected chi connectivity index (χ0v) is 13.9. The Labute approximate surface area is 136 Å². The highest BCUT2D eigenvalue weighted by molar-refractivity contribution is 14.1. The van der Waals surface area contributed by atoms with Crippen LogP contribution in [0.15, 0.2) is 40.9 Å². The van der Waals surface area contributed by atoms with Crippen LogP contribution in [-0.2, 0) is 0 Å². The van der Waals surface area contributed by atoms with Crippen LogP contribution < -0.4 is 5.32 Å². The highest BCUT2D eigenvalue weighted by Gasteiger charge is 2.14. The Balaban J connectivity index is 2.32. The number of carbonyl (C=O) groups is 1. The number of benzene rings is 2. The molecule has 0 fully saturated rings. The largest absolute Gasteiger partial charge is 0.320 e. The Morgan fingerprint density at radius 3 is 2.63 bits per heavy atom. The van der Waals surface area contributed by atoms with Gasteiger partial charge < -0.3 is 5.32 Å². The molecular weight excluding hydrogens is 447 g/mol. The normalized spacial score (nSPS) is 10.3. The summed E-state index contributed by atoms with van der Waals surface area (Å²) in [5, 5.41) is 2.82. The van der Waals surface area contributed by atoms with E-state index >= 15 is 0 Å². The Hall–Kier alpha value is -0.660. The number of hydrogen-bond donors (Lipinski definition) is 1. The Morgan fingerprint density at radius 1 is 1.32 bits per heavy atom. The Morgan fingerprint density at radius 2 is 2.00 bits per heavy atom. The summed E-state index contributed by atoms with van der Waals surface area (Å²) < 4.78 is 14.3. The molecule has 2 aromatic carbocycles. The first kappa shape index (κ1) is 14.7. The minimum Gasteiger partial charge on any atom is -0.320 e. The molecule has 0 aliphatic carbocycles. The van der Waals surface area contributed by atoms with Crippen LogP contribution in [-0.4, -0.2) is 5.91 Å². The lowest BCUT2D eigenvalue weighted by atomic mass is 10.2. The van der Waals surface area contributed by atoms with E-state index in [2.05, 4.69) is 43.8 Å². The van der Waals surface area contributed by atoms with Gasteiger partial charge >= 0.3 is 0 Å². The Bertz CT molecular complexity index is 627. The third-order valence-corrected chi connectivity index (χ3v) is 4.23. The smallest absolute Gasteiger partial charge is 0.256 e. The fourth-order valence-electron chi connectivity index (χ4n) is 1.49. The molecule has 0 saturated heterocycles. The van der Waals surface area contributed by atoms with E-state index in [1.807, 2.05) is 12.1 Å². The van der Waals surface area contributed by atoms with E-state index < -0.39 is 5.82 Å². The second-order valence-corrected chi connectivity index (χ2v) is 6.10. The van der Waals surface area contributed by atoms with Gasteiger partial charge in [-0.2, -0.15) is 0 Å². The standard InChI is InChI=1S/C13H7BrClFINO/c14-9-5-7(16)6-10(15)12(9)18-13(19)8-3-1-2-4-11(8)17/h1-6H,(H,18,19). The zero-order chi connectivity index (χ0) is 14.0. The van der Waals surface area contributed by atoms with Gasteiger partial charge in [0.15, 0.2) is 0 Å². The predicted octanol–water partition coefficient (Wildman–Crippen LogP) is 5.10. The van der Waals surface area contributed by atoms with Gasteiger partial charge in [-0.25, -0.2) is 4.39 Å². The number of anilines is 1. The molecule has 0 radical (unpaired) electrons.